The van der Waals surface area contributed by atoms with E-state index in [1.54, 1.807) is 55.5 Å². The molecule has 3 aromatic rings. The molecule has 1 heterocycles. The smallest absolute Gasteiger partial charge is 0.255 e. The molecule has 0 aliphatic carbocycles. The number of hydrogen-bond donors (Lipinski definition) is 1. The number of anilines is 2. The summed E-state index contributed by atoms with van der Waals surface area (Å²) in [6.45, 7) is 0. The summed E-state index contributed by atoms with van der Waals surface area (Å²) in [5, 5.41) is 2.63. The van der Waals surface area contributed by atoms with E-state index in [2.05, 4.69) is 5.32 Å². The minimum absolute atomic E-state index is 0.0536. The summed E-state index contributed by atoms with van der Waals surface area (Å²) in [7, 11) is 6.19. The maximum atomic E-state index is 13.2. The van der Waals surface area contributed by atoms with Gasteiger partial charge in [-0.2, -0.15) is 0 Å². The highest BCUT2D eigenvalue weighted by atomic mass is 32.2. The molecule has 0 radical (unpaired) electrons. The fourth-order valence-corrected chi connectivity index (χ4v) is 5.06. The lowest BCUT2D eigenvalue weighted by atomic mass is 10.1. The molecule has 182 valence electrons. The van der Waals surface area contributed by atoms with Gasteiger partial charge in [0.1, 0.15) is 28.4 Å². The Morgan fingerprint density at radius 1 is 0.886 bits per heavy atom. The fourth-order valence-electron chi connectivity index (χ4n) is 3.86. The molecule has 9 heteroatoms. The molecular formula is C26H26N2O6S. The largest absolute Gasteiger partial charge is 0.497 e. The molecule has 3 aromatic carbocycles. The predicted molar refractivity (Wildman–Crippen MR) is 136 cm³/mol. The third-order valence-electron chi connectivity index (χ3n) is 5.60. The third-order valence-corrected chi connectivity index (χ3v) is 6.80. The lowest BCUT2D eigenvalue weighted by molar-refractivity contribution is -0.115. The molecule has 0 saturated carbocycles. The van der Waals surface area contributed by atoms with Crippen LogP contribution in [0.2, 0.25) is 0 Å². The number of nitrogens with zero attached hydrogens (tertiary/aromatic N) is 1. The average molecular weight is 495 g/mol. The molecule has 2 amide bonds. The van der Waals surface area contributed by atoms with Crippen LogP contribution in [0.4, 0.5) is 11.4 Å². The molecular weight excluding hydrogens is 468 g/mol. The van der Waals surface area contributed by atoms with Crippen LogP contribution in [0.25, 0.3) is 0 Å². The highest BCUT2D eigenvalue weighted by Crippen LogP contribution is 2.47. The van der Waals surface area contributed by atoms with Crippen LogP contribution in [0.3, 0.4) is 0 Å². The van der Waals surface area contributed by atoms with Crippen molar-refractivity contribution in [2.75, 3.05) is 44.4 Å². The summed E-state index contributed by atoms with van der Waals surface area (Å²) >= 11 is 1.48. The van der Waals surface area contributed by atoms with Gasteiger partial charge in [0.25, 0.3) is 5.91 Å². The molecule has 1 unspecified atom stereocenters. The van der Waals surface area contributed by atoms with E-state index in [0.717, 1.165) is 5.56 Å². The second kappa shape index (κ2) is 10.6. The second-order valence-corrected chi connectivity index (χ2v) is 8.68. The first kappa shape index (κ1) is 24.3. The van der Waals surface area contributed by atoms with Gasteiger partial charge in [0.05, 0.1) is 39.9 Å². The van der Waals surface area contributed by atoms with Crippen LogP contribution in [0.15, 0.2) is 60.7 Å². The van der Waals surface area contributed by atoms with E-state index >= 15 is 0 Å². The average Bonchev–Trinajstić information content (AvgIpc) is 3.28. The van der Waals surface area contributed by atoms with Gasteiger partial charge in [-0.3, -0.25) is 14.5 Å². The lowest BCUT2D eigenvalue weighted by Gasteiger charge is -2.27. The molecule has 8 nitrogen and oxygen atoms in total. The summed E-state index contributed by atoms with van der Waals surface area (Å²) in [6, 6.07) is 17.8. The number of hydrogen-bond acceptors (Lipinski definition) is 7. The molecule has 0 bridgehead atoms. The molecule has 1 atom stereocenters. The zero-order chi connectivity index (χ0) is 24.9. The van der Waals surface area contributed by atoms with Crippen LogP contribution < -0.4 is 29.2 Å². The van der Waals surface area contributed by atoms with Gasteiger partial charge in [-0.05, 0) is 30.3 Å². The topological polar surface area (TPSA) is 86.3 Å². The molecule has 1 aliphatic heterocycles. The van der Waals surface area contributed by atoms with Crippen LogP contribution in [0, 0.1) is 0 Å². The van der Waals surface area contributed by atoms with Gasteiger partial charge in [-0.25, -0.2) is 0 Å². The minimum Gasteiger partial charge on any atom is -0.497 e. The number of para-hydroxylation sites is 1. The van der Waals surface area contributed by atoms with Crippen molar-refractivity contribution >= 4 is 35.0 Å². The number of amides is 2. The van der Waals surface area contributed by atoms with E-state index in [9.17, 15) is 9.59 Å². The van der Waals surface area contributed by atoms with Crippen molar-refractivity contribution in [3.05, 3.63) is 71.8 Å². The minimum atomic E-state index is -0.360. The molecule has 0 aromatic heterocycles. The maximum absolute atomic E-state index is 13.2. The Hall–Kier alpha value is -3.85. The van der Waals surface area contributed by atoms with E-state index in [4.69, 9.17) is 18.9 Å². The number of methoxy groups -OCH3 is 4. The lowest BCUT2D eigenvalue weighted by Crippen LogP contribution is -2.29. The monoisotopic (exact) mass is 494 g/mol. The molecule has 1 saturated heterocycles. The van der Waals surface area contributed by atoms with Crippen molar-refractivity contribution in [3.8, 4) is 23.0 Å². The number of carbonyl (C=O) groups excluding carboxylic acids is 2. The van der Waals surface area contributed by atoms with Gasteiger partial charge < -0.3 is 24.3 Å². The fraction of sp³-hybridized carbons (Fsp3) is 0.231. The van der Waals surface area contributed by atoms with E-state index in [1.165, 1.54) is 26.0 Å². The Morgan fingerprint density at radius 3 is 2.23 bits per heavy atom. The van der Waals surface area contributed by atoms with E-state index in [1.807, 2.05) is 24.3 Å². The van der Waals surface area contributed by atoms with Crippen LogP contribution >= 0.6 is 11.8 Å². The zero-order valence-electron chi connectivity index (χ0n) is 19.9. The highest BCUT2D eigenvalue weighted by Gasteiger charge is 2.37. The Labute approximate surface area is 208 Å². The van der Waals surface area contributed by atoms with Crippen molar-refractivity contribution in [2.24, 2.45) is 0 Å². The summed E-state index contributed by atoms with van der Waals surface area (Å²) in [5.74, 6) is 2.10. The summed E-state index contributed by atoms with van der Waals surface area (Å²) < 4.78 is 21.4. The van der Waals surface area contributed by atoms with Crippen molar-refractivity contribution in [1.29, 1.82) is 0 Å². The summed E-state index contributed by atoms with van der Waals surface area (Å²) in [5.41, 5.74) is 2.42. The molecule has 0 spiro atoms. The predicted octanol–water partition coefficient (Wildman–Crippen LogP) is 4.75. The zero-order valence-corrected chi connectivity index (χ0v) is 20.7. The SMILES string of the molecule is COc1cc(OC)cc(C(=O)Nc2ccccc2C2SCC(=O)N2c2ccc(OC)cc2OC)c1. The Bertz CT molecular complexity index is 1230. The first-order valence-corrected chi connectivity index (χ1v) is 11.8. The standard InChI is InChI=1S/C26H26N2O6S/c1-31-17-9-10-22(23(14-17)34-4)28-24(29)15-35-26(28)20-7-5-6-8-21(20)27-25(30)16-11-18(32-2)13-19(12-16)33-3/h5-14,26H,15H2,1-4H3,(H,27,30). The van der Waals surface area contributed by atoms with Crippen molar-refractivity contribution in [1.82, 2.24) is 0 Å². The van der Waals surface area contributed by atoms with Crippen molar-refractivity contribution < 1.29 is 28.5 Å². The van der Waals surface area contributed by atoms with Gasteiger partial charge in [0.2, 0.25) is 5.91 Å². The number of nitrogens with one attached hydrogen (secondary N) is 1. The van der Waals surface area contributed by atoms with Crippen molar-refractivity contribution in [2.45, 2.75) is 5.37 Å². The number of thioether (sulfide) groups is 1. The first-order valence-electron chi connectivity index (χ1n) is 10.8. The molecule has 1 N–H and O–H groups in total. The first-order chi connectivity index (χ1) is 17.0. The highest BCUT2D eigenvalue weighted by molar-refractivity contribution is 8.00. The Morgan fingerprint density at radius 2 is 1.57 bits per heavy atom. The normalized spacial score (nSPS) is 15.0. The van der Waals surface area contributed by atoms with Crippen molar-refractivity contribution in [3.63, 3.8) is 0 Å². The third kappa shape index (κ3) is 5.00. The second-order valence-electron chi connectivity index (χ2n) is 7.61. The van der Waals surface area contributed by atoms with Crippen LogP contribution in [0.1, 0.15) is 21.3 Å². The number of benzene rings is 3. The Kier molecular flexibility index (Phi) is 7.36. The molecule has 4 rings (SSSR count). The summed E-state index contributed by atoms with van der Waals surface area (Å²) in [4.78, 5) is 27.8. The van der Waals surface area contributed by atoms with Gasteiger partial charge >= 0.3 is 0 Å². The summed E-state index contributed by atoms with van der Waals surface area (Å²) in [6.07, 6.45) is 0. The van der Waals surface area contributed by atoms with E-state index in [0.29, 0.717) is 45.7 Å². The van der Waals surface area contributed by atoms with Gasteiger partial charge in [0.15, 0.2) is 0 Å². The molecule has 1 fully saturated rings. The van der Waals surface area contributed by atoms with Gasteiger partial charge in [-0.15, -0.1) is 11.8 Å². The van der Waals surface area contributed by atoms with Gasteiger partial charge in [-0.1, -0.05) is 18.2 Å². The molecule has 1 aliphatic rings. The number of rotatable bonds is 8. The maximum Gasteiger partial charge on any atom is 0.255 e. The van der Waals surface area contributed by atoms with E-state index in [-0.39, 0.29) is 17.2 Å². The number of carbonyl (C=O) groups is 2. The molecule has 35 heavy (non-hydrogen) atoms. The van der Waals surface area contributed by atoms with E-state index < -0.39 is 0 Å². The number of ether oxygens (including phenoxy) is 4. The van der Waals surface area contributed by atoms with Gasteiger partial charge in [0, 0.05) is 28.9 Å². The Balaban J connectivity index is 1.68. The van der Waals surface area contributed by atoms with Crippen LogP contribution in [0.5, 0.6) is 23.0 Å². The van der Waals surface area contributed by atoms with Crippen LogP contribution in [-0.2, 0) is 4.79 Å². The van der Waals surface area contributed by atoms with Crippen LogP contribution in [-0.4, -0.2) is 46.0 Å². The quantitative estimate of drug-likeness (QED) is 0.484.